The van der Waals surface area contributed by atoms with Crippen LogP contribution in [0.1, 0.15) is 65.7 Å². The van der Waals surface area contributed by atoms with E-state index in [1.54, 1.807) is 0 Å². The van der Waals surface area contributed by atoms with Crippen LogP contribution in [0.4, 0.5) is 0 Å². The third kappa shape index (κ3) is 10.6. The molecule has 144 valence electrons. The summed E-state index contributed by atoms with van der Waals surface area (Å²) < 4.78 is 21.9. The third-order valence-corrected chi connectivity index (χ3v) is 4.42. The minimum Gasteiger partial charge on any atom is -0.396 e. The Balaban J connectivity index is 0.000000240. The molecule has 1 N–H and O–H groups in total. The lowest BCUT2D eigenvalue weighted by molar-refractivity contribution is -0.169. The van der Waals surface area contributed by atoms with Gasteiger partial charge in [-0.2, -0.15) is 0 Å². The van der Waals surface area contributed by atoms with Gasteiger partial charge in [0.05, 0.1) is 13.2 Å². The highest BCUT2D eigenvalue weighted by atomic mass is 16.7. The first-order valence-corrected chi connectivity index (χ1v) is 9.73. The van der Waals surface area contributed by atoms with E-state index >= 15 is 0 Å². The maximum atomic E-state index is 8.74. The summed E-state index contributed by atoms with van der Waals surface area (Å²) in [7, 11) is 0. The summed E-state index contributed by atoms with van der Waals surface area (Å²) in [6, 6.07) is 0. The zero-order valence-corrected chi connectivity index (χ0v) is 15.9. The van der Waals surface area contributed by atoms with E-state index in [9.17, 15) is 0 Å². The number of hydrogen-bond acceptors (Lipinski definition) is 5. The van der Waals surface area contributed by atoms with Gasteiger partial charge in [-0.3, -0.25) is 0 Å². The predicted molar refractivity (Wildman–Crippen MR) is 94.8 cm³/mol. The zero-order chi connectivity index (χ0) is 17.6. The second-order valence-electron chi connectivity index (χ2n) is 7.06. The van der Waals surface area contributed by atoms with Crippen molar-refractivity contribution in [2.24, 2.45) is 11.8 Å². The minimum absolute atomic E-state index is 0.0206. The molecule has 4 atom stereocenters. The van der Waals surface area contributed by atoms with Gasteiger partial charge in [-0.1, -0.05) is 27.2 Å². The van der Waals surface area contributed by atoms with E-state index in [-0.39, 0.29) is 25.1 Å². The fourth-order valence-corrected chi connectivity index (χ4v) is 2.40. The van der Waals surface area contributed by atoms with E-state index < -0.39 is 0 Å². The molecule has 2 heterocycles. The number of hydrogen-bond donors (Lipinski definition) is 1. The van der Waals surface area contributed by atoms with Gasteiger partial charge in [-0.25, -0.2) is 0 Å². The standard InChI is InChI=1S/C10H20O2.C9H18O3/c1-3-9(2)8-12-10-6-4-5-7-11-10;1-8(6-10)7-12-9-4-2-3-5-11-9/h9-10H,3-8H2,1-2H3;8-10H,2-7H2,1H3/t9-,10?;8-,9?/m11/s1. The van der Waals surface area contributed by atoms with Gasteiger partial charge in [-0.05, 0) is 44.4 Å². The Kier molecular flexibility index (Phi) is 12.8. The van der Waals surface area contributed by atoms with Crippen LogP contribution in [-0.2, 0) is 18.9 Å². The summed E-state index contributed by atoms with van der Waals surface area (Å²) in [6.45, 7) is 9.69. The van der Waals surface area contributed by atoms with Crippen molar-refractivity contribution in [1.82, 2.24) is 0 Å². The van der Waals surface area contributed by atoms with Gasteiger partial charge in [0.25, 0.3) is 0 Å². The molecule has 2 saturated heterocycles. The maximum absolute atomic E-state index is 8.74. The van der Waals surface area contributed by atoms with Crippen LogP contribution in [0.5, 0.6) is 0 Å². The SMILES string of the molecule is CC[C@@H](C)COC1CCCCO1.C[C@H](CO)COC1CCCCO1. The molecule has 0 aromatic carbocycles. The molecule has 0 aliphatic carbocycles. The smallest absolute Gasteiger partial charge is 0.157 e. The van der Waals surface area contributed by atoms with Crippen LogP contribution >= 0.6 is 0 Å². The van der Waals surface area contributed by atoms with Gasteiger partial charge in [0.2, 0.25) is 0 Å². The Morgan fingerprint density at radius 2 is 1.38 bits per heavy atom. The number of aliphatic hydroxyl groups excluding tert-OH is 1. The van der Waals surface area contributed by atoms with E-state index in [4.69, 9.17) is 24.1 Å². The quantitative estimate of drug-likeness (QED) is 0.726. The van der Waals surface area contributed by atoms with Crippen molar-refractivity contribution in [1.29, 1.82) is 0 Å². The molecular formula is C19H38O5. The molecule has 24 heavy (non-hydrogen) atoms. The highest BCUT2D eigenvalue weighted by molar-refractivity contribution is 4.56. The second kappa shape index (κ2) is 14.0. The molecule has 0 radical (unpaired) electrons. The Morgan fingerprint density at radius 1 is 0.875 bits per heavy atom. The number of ether oxygens (including phenoxy) is 4. The first-order chi connectivity index (χ1) is 11.7. The fourth-order valence-electron chi connectivity index (χ4n) is 2.40. The Labute approximate surface area is 148 Å². The maximum Gasteiger partial charge on any atom is 0.157 e. The van der Waals surface area contributed by atoms with Gasteiger partial charge in [0.15, 0.2) is 12.6 Å². The Hall–Kier alpha value is -0.200. The first-order valence-electron chi connectivity index (χ1n) is 9.73. The molecule has 5 nitrogen and oxygen atoms in total. The van der Waals surface area contributed by atoms with E-state index in [1.165, 1.54) is 25.7 Å². The monoisotopic (exact) mass is 346 g/mol. The predicted octanol–water partition coefficient (Wildman–Crippen LogP) is 3.73. The van der Waals surface area contributed by atoms with Crippen molar-refractivity contribution in [2.75, 3.05) is 33.0 Å². The largest absolute Gasteiger partial charge is 0.396 e. The summed E-state index contributed by atoms with van der Waals surface area (Å²) in [5.41, 5.74) is 0. The van der Waals surface area contributed by atoms with Crippen molar-refractivity contribution in [3.8, 4) is 0 Å². The van der Waals surface area contributed by atoms with E-state index in [1.807, 2.05) is 6.92 Å². The van der Waals surface area contributed by atoms with Crippen molar-refractivity contribution in [3.63, 3.8) is 0 Å². The van der Waals surface area contributed by atoms with E-state index in [0.29, 0.717) is 12.5 Å². The average molecular weight is 347 g/mol. The highest BCUT2D eigenvalue weighted by Crippen LogP contribution is 2.15. The van der Waals surface area contributed by atoms with Gasteiger partial charge < -0.3 is 24.1 Å². The first kappa shape index (κ1) is 21.8. The van der Waals surface area contributed by atoms with Crippen LogP contribution in [0.2, 0.25) is 0 Å². The molecule has 0 aromatic rings. The van der Waals surface area contributed by atoms with E-state index in [0.717, 1.165) is 39.1 Å². The van der Waals surface area contributed by atoms with Crippen LogP contribution in [0.3, 0.4) is 0 Å². The zero-order valence-electron chi connectivity index (χ0n) is 15.9. The molecule has 0 bridgehead atoms. The summed E-state index contributed by atoms with van der Waals surface area (Å²) in [4.78, 5) is 0. The number of rotatable bonds is 8. The van der Waals surface area contributed by atoms with E-state index in [2.05, 4.69) is 13.8 Å². The highest BCUT2D eigenvalue weighted by Gasteiger charge is 2.15. The lowest BCUT2D eigenvalue weighted by atomic mass is 10.1. The molecule has 2 aliphatic heterocycles. The van der Waals surface area contributed by atoms with Crippen molar-refractivity contribution >= 4 is 0 Å². The topological polar surface area (TPSA) is 57.2 Å². The molecule has 0 aromatic heterocycles. The van der Waals surface area contributed by atoms with Crippen molar-refractivity contribution in [2.45, 2.75) is 78.3 Å². The van der Waals surface area contributed by atoms with Gasteiger partial charge in [0, 0.05) is 25.7 Å². The summed E-state index contributed by atoms with van der Waals surface area (Å²) >= 11 is 0. The average Bonchev–Trinajstić information content (AvgIpc) is 2.66. The fraction of sp³-hybridized carbons (Fsp3) is 1.00. The normalized spacial score (nSPS) is 27.0. The number of aliphatic hydroxyl groups is 1. The molecule has 5 heteroatoms. The van der Waals surface area contributed by atoms with Crippen LogP contribution < -0.4 is 0 Å². The van der Waals surface area contributed by atoms with Crippen LogP contribution in [0.15, 0.2) is 0 Å². The molecule has 2 aliphatic rings. The molecule has 2 fully saturated rings. The lowest BCUT2D eigenvalue weighted by Gasteiger charge is -2.23. The van der Waals surface area contributed by atoms with Crippen molar-refractivity contribution in [3.05, 3.63) is 0 Å². The Bertz CT molecular complexity index is 247. The van der Waals surface area contributed by atoms with Crippen LogP contribution in [0, 0.1) is 11.8 Å². The van der Waals surface area contributed by atoms with Crippen LogP contribution in [-0.4, -0.2) is 50.7 Å². The van der Waals surface area contributed by atoms with Crippen LogP contribution in [0.25, 0.3) is 0 Å². The second-order valence-corrected chi connectivity index (χ2v) is 7.06. The molecule has 2 unspecified atom stereocenters. The molecule has 0 spiro atoms. The minimum atomic E-state index is -0.0206. The molecule has 0 amide bonds. The molecular weight excluding hydrogens is 308 g/mol. The summed E-state index contributed by atoms with van der Waals surface area (Å²) in [5.74, 6) is 0.881. The van der Waals surface area contributed by atoms with Crippen molar-refractivity contribution < 1.29 is 24.1 Å². The molecule has 2 rings (SSSR count). The van der Waals surface area contributed by atoms with Gasteiger partial charge in [0.1, 0.15) is 0 Å². The van der Waals surface area contributed by atoms with Gasteiger partial charge >= 0.3 is 0 Å². The Morgan fingerprint density at radius 3 is 1.75 bits per heavy atom. The summed E-state index contributed by atoms with van der Waals surface area (Å²) in [6.07, 6.45) is 8.13. The lowest BCUT2D eigenvalue weighted by Crippen LogP contribution is -2.25. The summed E-state index contributed by atoms with van der Waals surface area (Å²) in [5, 5.41) is 8.74. The molecule has 0 saturated carbocycles. The van der Waals surface area contributed by atoms with Gasteiger partial charge in [-0.15, -0.1) is 0 Å². The third-order valence-electron chi connectivity index (χ3n) is 4.42.